The summed E-state index contributed by atoms with van der Waals surface area (Å²) in [5.74, 6) is -4.63. The van der Waals surface area contributed by atoms with Gasteiger partial charge < -0.3 is 20.4 Å². The van der Waals surface area contributed by atoms with E-state index in [1.807, 2.05) is 19.9 Å². The molecular weight excluding hydrogens is 467 g/mol. The summed E-state index contributed by atoms with van der Waals surface area (Å²) >= 11 is 0. The second-order valence-electron chi connectivity index (χ2n) is 11.3. The zero-order valence-corrected chi connectivity index (χ0v) is 20.5. The number of halogens is 3. The van der Waals surface area contributed by atoms with Crippen LogP contribution in [0.4, 0.5) is 13.2 Å². The predicted molar refractivity (Wildman–Crippen MR) is 117 cm³/mol. The Bertz CT molecular complexity index is 946. The maximum absolute atomic E-state index is 13.5. The van der Waals surface area contributed by atoms with Crippen LogP contribution in [0.15, 0.2) is 0 Å². The van der Waals surface area contributed by atoms with Crippen molar-refractivity contribution in [3.8, 4) is 6.07 Å². The Kier molecular flexibility index (Phi) is 6.87. The van der Waals surface area contributed by atoms with Gasteiger partial charge in [0.2, 0.25) is 11.8 Å². The number of fused-ring (bicyclic) bond motifs is 1. The fourth-order valence-electron chi connectivity index (χ4n) is 5.34. The van der Waals surface area contributed by atoms with Crippen LogP contribution >= 0.6 is 0 Å². The van der Waals surface area contributed by atoms with E-state index < -0.39 is 53.3 Å². The van der Waals surface area contributed by atoms with E-state index in [0.717, 1.165) is 12.8 Å². The lowest BCUT2D eigenvalue weighted by atomic mass is 9.85. The molecule has 35 heavy (non-hydrogen) atoms. The average Bonchev–Trinajstić information content (AvgIpc) is 3.21. The highest BCUT2D eigenvalue weighted by Gasteiger charge is 2.70. The molecule has 0 unspecified atom stereocenters. The van der Waals surface area contributed by atoms with E-state index in [9.17, 15) is 37.6 Å². The quantitative estimate of drug-likeness (QED) is 0.589. The van der Waals surface area contributed by atoms with E-state index in [1.165, 1.54) is 30.6 Å². The summed E-state index contributed by atoms with van der Waals surface area (Å²) in [5, 5.41) is 13.8. The van der Waals surface area contributed by atoms with Crippen molar-refractivity contribution in [1.82, 2.24) is 20.4 Å². The van der Waals surface area contributed by atoms with Gasteiger partial charge in [-0.3, -0.25) is 19.2 Å². The van der Waals surface area contributed by atoms with Crippen LogP contribution in [0.1, 0.15) is 47.5 Å². The van der Waals surface area contributed by atoms with Gasteiger partial charge in [0.05, 0.1) is 6.07 Å². The second-order valence-corrected chi connectivity index (χ2v) is 11.3. The smallest absolute Gasteiger partial charge is 0.340 e. The molecular formula is C23H32F3N5O4. The highest BCUT2D eigenvalue weighted by atomic mass is 19.4. The van der Waals surface area contributed by atoms with E-state index >= 15 is 0 Å². The molecule has 0 aromatic rings. The number of nitrogens with one attached hydrogen (secondary N) is 2. The number of nitriles is 1. The van der Waals surface area contributed by atoms with Gasteiger partial charge in [-0.15, -0.1) is 0 Å². The number of nitrogens with zero attached hydrogens (tertiary/aromatic N) is 3. The zero-order valence-electron chi connectivity index (χ0n) is 20.5. The van der Waals surface area contributed by atoms with Crippen LogP contribution < -0.4 is 10.6 Å². The predicted octanol–water partition coefficient (Wildman–Crippen LogP) is 1.19. The van der Waals surface area contributed by atoms with Crippen LogP contribution in [-0.4, -0.2) is 77.4 Å². The molecule has 3 fully saturated rings. The van der Waals surface area contributed by atoms with Gasteiger partial charge in [-0.25, -0.2) is 0 Å². The summed E-state index contributed by atoms with van der Waals surface area (Å²) in [6.07, 6.45) is -3.57. The standard InChI is InChI=1S/C23H32F3N5O4/c1-21(2,3)16(29-20(35)23(24,25)26)19(34)31-11-12-14(22(12,4)5)15(31)17(32)28-13(10-27)18(33)30-8-6-7-9-30/h12-16H,6-9,11H2,1-5H3,(H,28,32)(H,29,35)/t12-,13+,14-,15-,16+/m0/s1. The van der Waals surface area contributed by atoms with Crippen LogP contribution in [0.5, 0.6) is 0 Å². The van der Waals surface area contributed by atoms with Gasteiger partial charge in [0.25, 0.3) is 5.91 Å². The number of alkyl halides is 3. The van der Waals surface area contributed by atoms with Gasteiger partial charge in [0.15, 0.2) is 6.04 Å². The lowest BCUT2D eigenvalue weighted by molar-refractivity contribution is -0.176. The van der Waals surface area contributed by atoms with Crippen molar-refractivity contribution in [1.29, 1.82) is 5.26 Å². The van der Waals surface area contributed by atoms with Gasteiger partial charge in [0.1, 0.15) is 12.1 Å². The van der Waals surface area contributed by atoms with Gasteiger partial charge >= 0.3 is 12.1 Å². The van der Waals surface area contributed by atoms with Crippen molar-refractivity contribution in [2.45, 2.75) is 71.8 Å². The SMILES string of the molecule is CC(C)(C)[C@H](NC(=O)C(F)(F)F)C(=O)N1C[C@H]2[C@@H]([C@H]1C(=O)N[C@H](C#N)C(=O)N1CCCC1)C2(C)C. The van der Waals surface area contributed by atoms with Gasteiger partial charge in [0, 0.05) is 19.6 Å². The lowest BCUT2D eigenvalue weighted by Gasteiger charge is -2.37. The van der Waals surface area contributed by atoms with Crippen molar-refractivity contribution in [3.63, 3.8) is 0 Å². The molecule has 1 saturated carbocycles. The molecule has 2 heterocycles. The fraction of sp³-hybridized carbons (Fsp3) is 0.783. The highest BCUT2D eigenvalue weighted by molar-refractivity contribution is 5.97. The third-order valence-electron chi connectivity index (χ3n) is 7.49. The molecule has 9 nitrogen and oxygen atoms in total. The summed E-state index contributed by atoms with van der Waals surface area (Å²) in [6.45, 7) is 9.51. The minimum Gasteiger partial charge on any atom is -0.340 e. The first-order chi connectivity index (χ1) is 16.0. The van der Waals surface area contributed by atoms with Gasteiger partial charge in [-0.05, 0) is 35.5 Å². The Morgan fingerprint density at radius 3 is 2.09 bits per heavy atom. The number of carbonyl (C=O) groups excluding carboxylic acids is 4. The molecule has 194 valence electrons. The molecule has 12 heteroatoms. The van der Waals surface area contributed by atoms with E-state index in [0.29, 0.717) is 13.1 Å². The normalized spacial score (nSPS) is 26.9. The molecule has 2 aliphatic heterocycles. The maximum Gasteiger partial charge on any atom is 0.471 e. The highest BCUT2D eigenvalue weighted by Crippen LogP contribution is 2.65. The Morgan fingerprint density at radius 2 is 1.60 bits per heavy atom. The summed E-state index contributed by atoms with van der Waals surface area (Å²) in [4.78, 5) is 53.8. The van der Waals surface area contributed by atoms with Gasteiger partial charge in [-0.1, -0.05) is 34.6 Å². The summed E-state index contributed by atoms with van der Waals surface area (Å²) in [5.41, 5.74) is -1.38. The van der Waals surface area contributed by atoms with Crippen LogP contribution in [0.2, 0.25) is 0 Å². The van der Waals surface area contributed by atoms with Crippen molar-refractivity contribution >= 4 is 23.6 Å². The molecule has 5 atom stereocenters. The molecule has 0 bridgehead atoms. The van der Waals surface area contributed by atoms with Crippen LogP contribution in [0.3, 0.4) is 0 Å². The molecule has 2 saturated heterocycles. The van der Waals surface area contributed by atoms with Crippen LogP contribution in [0.25, 0.3) is 0 Å². The first kappa shape index (κ1) is 26.8. The van der Waals surface area contributed by atoms with Crippen molar-refractivity contribution in [2.75, 3.05) is 19.6 Å². The summed E-state index contributed by atoms with van der Waals surface area (Å²) in [6, 6.07) is -2.23. The molecule has 0 aromatic heterocycles. The fourth-order valence-corrected chi connectivity index (χ4v) is 5.34. The topological polar surface area (TPSA) is 123 Å². The Hall–Kier alpha value is -2.84. The Morgan fingerprint density at radius 1 is 1.03 bits per heavy atom. The monoisotopic (exact) mass is 499 g/mol. The van der Waals surface area contributed by atoms with E-state index in [-0.39, 0.29) is 23.8 Å². The minimum absolute atomic E-state index is 0.0732. The number of hydrogen-bond acceptors (Lipinski definition) is 5. The number of piperidine rings is 1. The minimum atomic E-state index is -5.17. The molecule has 2 N–H and O–H groups in total. The maximum atomic E-state index is 13.5. The summed E-state index contributed by atoms with van der Waals surface area (Å²) in [7, 11) is 0. The van der Waals surface area contributed by atoms with Crippen molar-refractivity contribution in [3.05, 3.63) is 0 Å². The second kappa shape index (κ2) is 8.99. The van der Waals surface area contributed by atoms with Gasteiger partial charge in [-0.2, -0.15) is 18.4 Å². The number of carbonyl (C=O) groups is 4. The number of amides is 4. The first-order valence-corrected chi connectivity index (χ1v) is 11.7. The van der Waals surface area contributed by atoms with E-state index in [4.69, 9.17) is 0 Å². The molecule has 4 amide bonds. The molecule has 3 aliphatic rings. The third kappa shape index (κ3) is 5.09. The molecule has 1 aliphatic carbocycles. The van der Waals surface area contributed by atoms with Crippen LogP contribution in [-0.2, 0) is 19.2 Å². The third-order valence-corrected chi connectivity index (χ3v) is 7.49. The van der Waals surface area contributed by atoms with Crippen molar-refractivity contribution in [2.24, 2.45) is 22.7 Å². The molecule has 0 spiro atoms. The van der Waals surface area contributed by atoms with E-state index in [2.05, 4.69) is 5.32 Å². The number of hydrogen-bond donors (Lipinski definition) is 2. The Balaban J connectivity index is 1.83. The molecule has 0 radical (unpaired) electrons. The first-order valence-electron chi connectivity index (χ1n) is 11.7. The Labute approximate surface area is 202 Å². The summed E-state index contributed by atoms with van der Waals surface area (Å²) < 4.78 is 38.8. The largest absolute Gasteiger partial charge is 0.471 e. The molecule has 0 aromatic carbocycles. The number of rotatable bonds is 5. The van der Waals surface area contributed by atoms with Crippen molar-refractivity contribution < 1.29 is 32.3 Å². The zero-order chi connectivity index (χ0) is 26.5. The van der Waals surface area contributed by atoms with E-state index in [1.54, 1.807) is 5.32 Å². The lowest BCUT2D eigenvalue weighted by Crippen LogP contribution is -2.61. The number of likely N-dealkylation sites (tertiary alicyclic amines) is 2. The molecule has 3 rings (SSSR count). The average molecular weight is 500 g/mol. The van der Waals surface area contributed by atoms with Crippen LogP contribution in [0, 0.1) is 34.0 Å².